The van der Waals surface area contributed by atoms with Crippen LogP contribution in [0, 0.1) is 11.3 Å². The molecule has 0 radical (unpaired) electrons. The molecule has 3 rings (SSSR count). The van der Waals surface area contributed by atoms with Crippen molar-refractivity contribution in [3.05, 3.63) is 42.1 Å². The maximum atomic E-state index is 6.82. The fourth-order valence-electron chi connectivity index (χ4n) is 4.24. The lowest BCUT2D eigenvalue weighted by atomic mass is 9.62. The van der Waals surface area contributed by atoms with E-state index in [0.29, 0.717) is 11.3 Å². The van der Waals surface area contributed by atoms with E-state index in [9.17, 15) is 0 Å². The fourth-order valence-corrected chi connectivity index (χ4v) is 4.24. The molecule has 2 nitrogen and oxygen atoms in total. The smallest absolute Gasteiger partial charge is 0.0702 e. The summed E-state index contributed by atoms with van der Waals surface area (Å²) in [5.41, 5.74) is 9.24. The maximum Gasteiger partial charge on any atom is 0.0702 e. The first-order valence-corrected chi connectivity index (χ1v) is 7.52. The Morgan fingerprint density at radius 1 is 1.20 bits per heavy atom. The van der Waals surface area contributed by atoms with Gasteiger partial charge in [0.25, 0.3) is 0 Å². The molecule has 1 aliphatic rings. The van der Waals surface area contributed by atoms with E-state index in [1.807, 2.05) is 12.3 Å². The van der Waals surface area contributed by atoms with E-state index in [1.54, 1.807) is 0 Å². The summed E-state index contributed by atoms with van der Waals surface area (Å²) in [4.78, 5) is 4.39. The Labute approximate surface area is 121 Å². The molecule has 1 heterocycles. The first-order valence-electron chi connectivity index (χ1n) is 7.52. The minimum absolute atomic E-state index is 0.203. The van der Waals surface area contributed by atoms with Gasteiger partial charge in [-0.25, -0.2) is 0 Å². The Hall–Kier alpha value is -1.41. The normalized spacial score (nSPS) is 29.5. The second-order valence-electron chi connectivity index (χ2n) is 7.42. The van der Waals surface area contributed by atoms with Crippen molar-refractivity contribution < 1.29 is 0 Å². The van der Waals surface area contributed by atoms with Gasteiger partial charge in [0.2, 0.25) is 0 Å². The van der Waals surface area contributed by atoms with Crippen LogP contribution >= 0.6 is 0 Å². The molecular weight excluding hydrogens is 244 g/mol. The summed E-state index contributed by atoms with van der Waals surface area (Å²) in [6.45, 7) is 7.00. The number of pyridine rings is 1. The van der Waals surface area contributed by atoms with Gasteiger partial charge >= 0.3 is 0 Å². The minimum atomic E-state index is -0.203. The minimum Gasteiger partial charge on any atom is -0.321 e. The first kappa shape index (κ1) is 13.6. The molecule has 0 spiro atoms. The van der Waals surface area contributed by atoms with Crippen molar-refractivity contribution in [2.75, 3.05) is 0 Å². The molecule has 1 fully saturated rings. The summed E-state index contributed by atoms with van der Waals surface area (Å²) in [5, 5.41) is 1.19. The van der Waals surface area contributed by atoms with Gasteiger partial charge in [0.15, 0.2) is 0 Å². The van der Waals surface area contributed by atoms with Crippen LogP contribution in [-0.2, 0) is 5.54 Å². The average Bonchev–Trinajstić information content (AvgIpc) is 2.35. The molecule has 1 aliphatic carbocycles. The third-order valence-electron chi connectivity index (χ3n) is 4.59. The second kappa shape index (κ2) is 4.56. The van der Waals surface area contributed by atoms with Crippen LogP contribution < -0.4 is 5.73 Å². The number of rotatable bonds is 1. The molecule has 0 aliphatic heterocycles. The fraction of sp³-hybridized carbons (Fsp3) is 0.500. The van der Waals surface area contributed by atoms with E-state index in [4.69, 9.17) is 5.73 Å². The lowest BCUT2D eigenvalue weighted by Crippen LogP contribution is -2.46. The molecule has 2 heteroatoms. The standard InChI is InChI=1S/C18H24N2/c1-13-10-17(2,3)12-18(19,11-13)15-6-7-16-14(9-15)5-4-8-20-16/h4-9,13H,10-12,19H2,1-3H3. The third-order valence-corrected chi connectivity index (χ3v) is 4.59. The Bertz CT molecular complexity index is 632. The topological polar surface area (TPSA) is 38.9 Å². The van der Waals surface area contributed by atoms with Crippen LogP contribution in [0.3, 0.4) is 0 Å². The van der Waals surface area contributed by atoms with Gasteiger partial charge in [-0.05, 0) is 54.4 Å². The molecule has 2 N–H and O–H groups in total. The van der Waals surface area contributed by atoms with Crippen LogP contribution in [0.25, 0.3) is 10.9 Å². The highest BCUT2D eigenvalue weighted by molar-refractivity contribution is 5.79. The molecule has 1 saturated carbocycles. The highest BCUT2D eigenvalue weighted by Gasteiger charge is 2.41. The lowest BCUT2D eigenvalue weighted by Gasteiger charge is -2.46. The molecule has 1 aromatic heterocycles. The van der Waals surface area contributed by atoms with Gasteiger partial charge in [-0.1, -0.05) is 32.9 Å². The molecule has 2 atom stereocenters. The van der Waals surface area contributed by atoms with Crippen molar-refractivity contribution in [3.8, 4) is 0 Å². The lowest BCUT2D eigenvalue weighted by molar-refractivity contribution is 0.107. The third kappa shape index (κ3) is 2.45. The summed E-state index contributed by atoms with van der Waals surface area (Å²) in [6.07, 6.45) is 5.23. The first-order chi connectivity index (χ1) is 9.38. The predicted molar refractivity (Wildman–Crippen MR) is 84.4 cm³/mol. The van der Waals surface area contributed by atoms with Crippen LogP contribution in [0.2, 0.25) is 0 Å². The quantitative estimate of drug-likeness (QED) is 0.840. The zero-order chi connectivity index (χ0) is 14.4. The monoisotopic (exact) mass is 268 g/mol. The maximum absolute atomic E-state index is 6.82. The SMILES string of the molecule is CC1CC(C)(C)CC(N)(c2ccc3ncccc3c2)C1. The number of benzene rings is 1. The van der Waals surface area contributed by atoms with Gasteiger partial charge in [-0.2, -0.15) is 0 Å². The van der Waals surface area contributed by atoms with E-state index in [1.165, 1.54) is 17.4 Å². The summed E-state index contributed by atoms with van der Waals surface area (Å²) in [6, 6.07) is 10.6. The molecule has 0 saturated heterocycles. The van der Waals surface area contributed by atoms with Crippen molar-refractivity contribution in [2.24, 2.45) is 17.1 Å². The summed E-state index contributed by atoms with van der Waals surface area (Å²) in [7, 11) is 0. The Morgan fingerprint density at radius 2 is 2.00 bits per heavy atom. The summed E-state index contributed by atoms with van der Waals surface area (Å²) in [5.74, 6) is 0.674. The predicted octanol–water partition coefficient (Wildman–Crippen LogP) is 4.24. The number of nitrogens with zero attached hydrogens (tertiary/aromatic N) is 1. The van der Waals surface area contributed by atoms with Gasteiger partial charge in [0, 0.05) is 17.1 Å². The number of hydrogen-bond donors (Lipinski definition) is 1. The van der Waals surface area contributed by atoms with E-state index in [0.717, 1.165) is 18.4 Å². The van der Waals surface area contributed by atoms with Gasteiger partial charge in [0.05, 0.1) is 5.52 Å². The number of aromatic nitrogens is 1. The molecule has 0 amide bonds. The van der Waals surface area contributed by atoms with Crippen LogP contribution in [0.1, 0.15) is 45.6 Å². The van der Waals surface area contributed by atoms with Crippen LogP contribution in [-0.4, -0.2) is 4.98 Å². The molecule has 0 bridgehead atoms. The van der Waals surface area contributed by atoms with E-state index in [-0.39, 0.29) is 5.54 Å². The second-order valence-corrected chi connectivity index (χ2v) is 7.42. The van der Waals surface area contributed by atoms with Crippen LogP contribution in [0.4, 0.5) is 0 Å². The Kier molecular flexibility index (Phi) is 3.09. The zero-order valence-electron chi connectivity index (χ0n) is 12.7. The summed E-state index contributed by atoms with van der Waals surface area (Å²) < 4.78 is 0. The van der Waals surface area contributed by atoms with Crippen molar-refractivity contribution in [1.29, 1.82) is 0 Å². The van der Waals surface area contributed by atoms with Gasteiger partial charge in [-0.15, -0.1) is 0 Å². The molecular formula is C18H24N2. The zero-order valence-corrected chi connectivity index (χ0v) is 12.7. The Balaban J connectivity index is 2.04. The molecule has 2 aromatic rings. The van der Waals surface area contributed by atoms with Gasteiger partial charge < -0.3 is 5.73 Å². The number of hydrogen-bond acceptors (Lipinski definition) is 2. The van der Waals surface area contributed by atoms with Crippen molar-refractivity contribution in [3.63, 3.8) is 0 Å². The number of nitrogens with two attached hydrogens (primary N) is 1. The van der Waals surface area contributed by atoms with Crippen molar-refractivity contribution in [2.45, 2.75) is 45.6 Å². The van der Waals surface area contributed by atoms with E-state index in [2.05, 4.69) is 50.0 Å². The Morgan fingerprint density at radius 3 is 2.75 bits per heavy atom. The van der Waals surface area contributed by atoms with Crippen LogP contribution in [0.15, 0.2) is 36.5 Å². The number of fused-ring (bicyclic) bond motifs is 1. The van der Waals surface area contributed by atoms with E-state index < -0.39 is 0 Å². The molecule has 2 unspecified atom stereocenters. The largest absolute Gasteiger partial charge is 0.321 e. The highest BCUT2D eigenvalue weighted by Crippen LogP contribution is 2.47. The highest BCUT2D eigenvalue weighted by atomic mass is 14.8. The van der Waals surface area contributed by atoms with Gasteiger partial charge in [-0.3, -0.25) is 4.98 Å². The van der Waals surface area contributed by atoms with Gasteiger partial charge in [0.1, 0.15) is 0 Å². The van der Waals surface area contributed by atoms with Crippen molar-refractivity contribution in [1.82, 2.24) is 4.98 Å². The van der Waals surface area contributed by atoms with Crippen LogP contribution in [0.5, 0.6) is 0 Å². The average molecular weight is 268 g/mol. The molecule has 1 aromatic carbocycles. The summed E-state index contributed by atoms with van der Waals surface area (Å²) >= 11 is 0. The molecule has 106 valence electrons. The molecule has 20 heavy (non-hydrogen) atoms. The van der Waals surface area contributed by atoms with E-state index >= 15 is 0 Å². The van der Waals surface area contributed by atoms with Crippen molar-refractivity contribution >= 4 is 10.9 Å².